The average molecular weight is 313 g/mol. The Morgan fingerprint density at radius 1 is 1.38 bits per heavy atom. The first kappa shape index (κ1) is 16.8. The van der Waals surface area contributed by atoms with Crippen LogP contribution >= 0.6 is 11.6 Å². The molecule has 1 aliphatic rings. The highest BCUT2D eigenvalue weighted by atomic mass is 35.5. The molecule has 0 aliphatic carbocycles. The van der Waals surface area contributed by atoms with Gasteiger partial charge in [0.15, 0.2) is 0 Å². The molecule has 1 atom stereocenters. The molecule has 1 aromatic rings. The van der Waals surface area contributed by atoms with Crippen molar-refractivity contribution < 1.29 is 0 Å². The van der Waals surface area contributed by atoms with Gasteiger partial charge < -0.3 is 5.32 Å². The van der Waals surface area contributed by atoms with E-state index in [9.17, 15) is 0 Å². The molecule has 1 fully saturated rings. The summed E-state index contributed by atoms with van der Waals surface area (Å²) < 4.78 is 1.93. The maximum Gasteiger partial charge on any atom is 0.0860 e. The van der Waals surface area contributed by atoms with E-state index in [0.29, 0.717) is 0 Å². The van der Waals surface area contributed by atoms with Gasteiger partial charge in [0.1, 0.15) is 0 Å². The van der Waals surface area contributed by atoms with Gasteiger partial charge in [0, 0.05) is 25.7 Å². The van der Waals surface area contributed by atoms with Crippen LogP contribution in [0.2, 0.25) is 5.02 Å². The number of nitrogens with zero attached hydrogens (tertiary/aromatic N) is 3. The molecule has 2 rings (SSSR count). The zero-order valence-electron chi connectivity index (χ0n) is 14.0. The number of likely N-dealkylation sites (tertiary alicyclic amines) is 1. The van der Waals surface area contributed by atoms with E-state index in [-0.39, 0.29) is 5.54 Å². The Bertz CT molecular complexity index is 475. The van der Waals surface area contributed by atoms with Crippen molar-refractivity contribution >= 4 is 11.6 Å². The topological polar surface area (TPSA) is 33.1 Å². The first-order valence-corrected chi connectivity index (χ1v) is 8.29. The van der Waals surface area contributed by atoms with Crippen molar-refractivity contribution in [1.29, 1.82) is 0 Å². The Kier molecular flexibility index (Phi) is 5.33. The molecule has 5 heteroatoms. The van der Waals surface area contributed by atoms with E-state index in [0.717, 1.165) is 48.5 Å². The van der Waals surface area contributed by atoms with Gasteiger partial charge in [-0.3, -0.25) is 9.58 Å². The summed E-state index contributed by atoms with van der Waals surface area (Å²) in [4.78, 5) is 2.51. The molecule has 1 aliphatic heterocycles. The van der Waals surface area contributed by atoms with E-state index in [1.54, 1.807) is 0 Å². The Balaban J connectivity index is 1.92. The van der Waals surface area contributed by atoms with Crippen molar-refractivity contribution in [1.82, 2.24) is 20.0 Å². The van der Waals surface area contributed by atoms with E-state index in [1.165, 1.54) is 12.8 Å². The predicted octanol–water partition coefficient (Wildman–Crippen LogP) is 2.98. The van der Waals surface area contributed by atoms with Crippen molar-refractivity contribution in [2.45, 2.75) is 52.6 Å². The maximum absolute atomic E-state index is 6.37. The van der Waals surface area contributed by atoms with Gasteiger partial charge in [0.05, 0.1) is 16.4 Å². The Morgan fingerprint density at radius 3 is 2.67 bits per heavy atom. The second-order valence-electron chi connectivity index (χ2n) is 7.34. The van der Waals surface area contributed by atoms with Crippen LogP contribution in [-0.4, -0.2) is 39.9 Å². The van der Waals surface area contributed by atoms with Crippen LogP contribution in [0.3, 0.4) is 0 Å². The Labute approximate surface area is 133 Å². The van der Waals surface area contributed by atoms with E-state index < -0.39 is 0 Å². The number of rotatable bonds is 4. The largest absolute Gasteiger partial charge is 0.312 e. The third-order valence-electron chi connectivity index (χ3n) is 4.16. The molecule has 1 unspecified atom stereocenters. The standard InChI is InChI=1S/C16H29ClN4/c1-12-15(17)14(20(5)19-12)11-21-8-6-7-13(10-21)9-18-16(2,3)4/h13,18H,6-11H2,1-5H3. The molecule has 0 amide bonds. The summed E-state index contributed by atoms with van der Waals surface area (Å²) in [6.07, 6.45) is 2.59. The lowest BCUT2D eigenvalue weighted by atomic mass is 9.96. The monoisotopic (exact) mass is 312 g/mol. The zero-order chi connectivity index (χ0) is 15.6. The lowest BCUT2D eigenvalue weighted by Crippen LogP contribution is -2.44. The fourth-order valence-electron chi connectivity index (χ4n) is 2.98. The van der Waals surface area contributed by atoms with E-state index in [2.05, 4.69) is 36.1 Å². The highest BCUT2D eigenvalue weighted by molar-refractivity contribution is 6.31. The summed E-state index contributed by atoms with van der Waals surface area (Å²) in [6.45, 7) is 13.0. The Morgan fingerprint density at radius 2 is 2.10 bits per heavy atom. The SMILES string of the molecule is Cc1nn(C)c(CN2CCCC(CNC(C)(C)C)C2)c1Cl. The number of hydrogen-bond acceptors (Lipinski definition) is 3. The van der Waals surface area contributed by atoms with Crippen LogP contribution in [0.1, 0.15) is 45.0 Å². The molecule has 120 valence electrons. The molecule has 0 saturated carbocycles. The normalized spacial score (nSPS) is 21.0. The second-order valence-corrected chi connectivity index (χ2v) is 7.72. The van der Waals surface area contributed by atoms with Crippen LogP contribution in [0, 0.1) is 12.8 Å². The summed E-state index contributed by atoms with van der Waals surface area (Å²) in [5, 5.41) is 8.87. The number of nitrogens with one attached hydrogen (secondary N) is 1. The summed E-state index contributed by atoms with van der Waals surface area (Å²) >= 11 is 6.37. The zero-order valence-corrected chi connectivity index (χ0v) is 14.8. The minimum Gasteiger partial charge on any atom is -0.312 e. The number of aromatic nitrogens is 2. The first-order chi connectivity index (χ1) is 9.76. The lowest BCUT2D eigenvalue weighted by molar-refractivity contribution is 0.156. The van der Waals surface area contributed by atoms with Crippen LogP contribution in [-0.2, 0) is 13.6 Å². The van der Waals surface area contributed by atoms with E-state index in [4.69, 9.17) is 11.6 Å². The molecule has 0 bridgehead atoms. The van der Waals surface area contributed by atoms with Gasteiger partial charge in [-0.05, 0) is 59.5 Å². The third kappa shape index (κ3) is 4.70. The quantitative estimate of drug-likeness (QED) is 0.928. The molecule has 21 heavy (non-hydrogen) atoms. The molecule has 2 heterocycles. The number of piperidine rings is 1. The average Bonchev–Trinajstić information content (AvgIpc) is 2.63. The highest BCUT2D eigenvalue weighted by Gasteiger charge is 2.23. The van der Waals surface area contributed by atoms with E-state index in [1.807, 2.05) is 18.7 Å². The number of hydrogen-bond donors (Lipinski definition) is 1. The summed E-state index contributed by atoms with van der Waals surface area (Å²) in [5.41, 5.74) is 2.26. The van der Waals surface area contributed by atoms with E-state index >= 15 is 0 Å². The minimum absolute atomic E-state index is 0.199. The molecule has 0 aromatic carbocycles. The third-order valence-corrected chi connectivity index (χ3v) is 4.65. The summed E-state index contributed by atoms with van der Waals surface area (Å²) in [6, 6.07) is 0. The van der Waals surface area contributed by atoms with Gasteiger partial charge in [0.2, 0.25) is 0 Å². The van der Waals surface area contributed by atoms with Crippen LogP contribution < -0.4 is 5.32 Å². The molecular weight excluding hydrogens is 284 g/mol. The predicted molar refractivity (Wildman–Crippen MR) is 88.7 cm³/mol. The molecule has 0 spiro atoms. The molecule has 1 aromatic heterocycles. The van der Waals surface area contributed by atoms with Crippen LogP contribution in [0.5, 0.6) is 0 Å². The summed E-state index contributed by atoms with van der Waals surface area (Å²) in [5.74, 6) is 0.728. The smallest absolute Gasteiger partial charge is 0.0860 e. The second kappa shape index (κ2) is 6.67. The highest BCUT2D eigenvalue weighted by Crippen LogP contribution is 2.24. The van der Waals surface area contributed by atoms with Crippen molar-refractivity contribution in [2.75, 3.05) is 19.6 Å². The van der Waals surface area contributed by atoms with Gasteiger partial charge in [-0.15, -0.1) is 0 Å². The number of aryl methyl sites for hydroxylation is 2. The molecular formula is C16H29ClN4. The van der Waals surface area contributed by atoms with Crippen molar-refractivity contribution in [3.63, 3.8) is 0 Å². The fraction of sp³-hybridized carbons (Fsp3) is 0.812. The Hall–Kier alpha value is -0.580. The van der Waals surface area contributed by atoms with Crippen LogP contribution in [0.4, 0.5) is 0 Å². The fourth-order valence-corrected chi connectivity index (χ4v) is 3.20. The van der Waals surface area contributed by atoms with Crippen molar-refractivity contribution in [3.05, 3.63) is 16.4 Å². The van der Waals surface area contributed by atoms with Gasteiger partial charge in [0.25, 0.3) is 0 Å². The van der Waals surface area contributed by atoms with Crippen molar-refractivity contribution in [2.24, 2.45) is 13.0 Å². The summed E-state index contributed by atoms with van der Waals surface area (Å²) in [7, 11) is 1.98. The molecule has 0 radical (unpaired) electrons. The van der Waals surface area contributed by atoms with Crippen LogP contribution in [0.15, 0.2) is 0 Å². The minimum atomic E-state index is 0.199. The molecule has 4 nitrogen and oxygen atoms in total. The first-order valence-electron chi connectivity index (χ1n) is 7.91. The molecule has 1 saturated heterocycles. The molecule has 1 N–H and O–H groups in total. The van der Waals surface area contributed by atoms with Gasteiger partial charge in [-0.25, -0.2) is 0 Å². The van der Waals surface area contributed by atoms with Gasteiger partial charge in [-0.2, -0.15) is 5.10 Å². The van der Waals surface area contributed by atoms with Crippen LogP contribution in [0.25, 0.3) is 0 Å². The van der Waals surface area contributed by atoms with Gasteiger partial charge >= 0.3 is 0 Å². The maximum atomic E-state index is 6.37. The van der Waals surface area contributed by atoms with Gasteiger partial charge in [-0.1, -0.05) is 11.6 Å². The number of halogens is 1. The van der Waals surface area contributed by atoms with Crippen molar-refractivity contribution in [3.8, 4) is 0 Å². The lowest BCUT2D eigenvalue weighted by Gasteiger charge is -2.34.